The fourth-order valence-electron chi connectivity index (χ4n) is 3.28. The van der Waals surface area contributed by atoms with E-state index in [1.54, 1.807) is 48.5 Å². The van der Waals surface area contributed by atoms with Crippen molar-refractivity contribution in [1.82, 2.24) is 0 Å². The molecule has 0 saturated carbocycles. The number of anilines is 1. The van der Waals surface area contributed by atoms with Gasteiger partial charge in [-0.3, -0.25) is 9.59 Å². The number of hydrogen-bond acceptors (Lipinski definition) is 4. The van der Waals surface area contributed by atoms with E-state index in [4.69, 9.17) is 4.74 Å². The second-order valence-corrected chi connectivity index (χ2v) is 6.93. The number of rotatable bonds is 6. The molecule has 0 spiro atoms. The highest BCUT2D eigenvalue weighted by molar-refractivity contribution is 6.14. The van der Waals surface area contributed by atoms with Crippen molar-refractivity contribution in [2.75, 3.05) is 11.9 Å². The van der Waals surface area contributed by atoms with Crippen molar-refractivity contribution >= 4 is 34.1 Å². The minimum atomic E-state index is -0.728. The van der Waals surface area contributed by atoms with Gasteiger partial charge in [0.1, 0.15) is 0 Å². The summed E-state index contributed by atoms with van der Waals surface area (Å²) in [5, 5.41) is 4.77. The summed E-state index contributed by atoms with van der Waals surface area (Å²) in [6, 6.07) is 28.4. The minimum Gasteiger partial charge on any atom is -0.452 e. The van der Waals surface area contributed by atoms with E-state index in [0.29, 0.717) is 11.3 Å². The van der Waals surface area contributed by atoms with E-state index >= 15 is 0 Å². The molecule has 0 unspecified atom stereocenters. The van der Waals surface area contributed by atoms with Gasteiger partial charge in [0.25, 0.3) is 5.91 Å². The molecule has 5 nitrogen and oxygen atoms in total. The fourth-order valence-corrected chi connectivity index (χ4v) is 3.28. The van der Waals surface area contributed by atoms with Crippen molar-refractivity contribution in [2.24, 2.45) is 0 Å². The van der Waals surface area contributed by atoms with Gasteiger partial charge in [-0.25, -0.2) is 4.79 Å². The predicted molar refractivity (Wildman–Crippen MR) is 119 cm³/mol. The first-order valence-electron chi connectivity index (χ1n) is 9.76. The number of nitrogens with one attached hydrogen (secondary N) is 1. The van der Waals surface area contributed by atoms with Crippen LogP contribution in [0, 0.1) is 0 Å². The number of hydrogen-bond donors (Lipinski definition) is 1. The molecule has 152 valence electrons. The monoisotopic (exact) mass is 409 g/mol. The van der Waals surface area contributed by atoms with E-state index < -0.39 is 18.5 Å². The Bertz CT molecular complexity index is 1260. The maximum atomic E-state index is 12.8. The number of esters is 1. The number of ether oxygens (including phenoxy) is 1. The molecule has 0 heterocycles. The summed E-state index contributed by atoms with van der Waals surface area (Å²) in [6.07, 6.45) is 0. The standard InChI is InChI=1S/C26H19NO4/c28-24(27-21-15-14-18-8-4-5-11-20(18)16-21)17-31-26(30)23-13-7-6-12-22(23)25(29)19-9-2-1-3-10-19/h1-16H,17H2,(H,27,28). The summed E-state index contributed by atoms with van der Waals surface area (Å²) in [4.78, 5) is 37.6. The summed E-state index contributed by atoms with van der Waals surface area (Å²) in [7, 11) is 0. The molecule has 4 aromatic rings. The van der Waals surface area contributed by atoms with Gasteiger partial charge in [-0.2, -0.15) is 0 Å². The normalized spacial score (nSPS) is 10.5. The van der Waals surface area contributed by atoms with Crippen LogP contribution >= 0.6 is 0 Å². The molecule has 0 aromatic heterocycles. The van der Waals surface area contributed by atoms with Crippen molar-refractivity contribution in [2.45, 2.75) is 0 Å². The van der Waals surface area contributed by atoms with E-state index in [0.717, 1.165) is 10.8 Å². The van der Waals surface area contributed by atoms with Gasteiger partial charge in [0.05, 0.1) is 5.56 Å². The molecule has 0 fully saturated rings. The maximum Gasteiger partial charge on any atom is 0.339 e. The Morgan fingerprint density at radius 2 is 1.32 bits per heavy atom. The number of carbonyl (C=O) groups is 3. The van der Waals surface area contributed by atoms with E-state index in [2.05, 4.69) is 5.32 Å². The average Bonchev–Trinajstić information content (AvgIpc) is 2.82. The van der Waals surface area contributed by atoms with Crippen LogP contribution < -0.4 is 5.32 Å². The van der Waals surface area contributed by atoms with Gasteiger partial charge >= 0.3 is 5.97 Å². The van der Waals surface area contributed by atoms with E-state index in [9.17, 15) is 14.4 Å². The van der Waals surface area contributed by atoms with Crippen molar-refractivity contribution < 1.29 is 19.1 Å². The van der Waals surface area contributed by atoms with Crippen LogP contribution in [0.2, 0.25) is 0 Å². The number of fused-ring (bicyclic) bond motifs is 1. The first kappa shape index (κ1) is 20.0. The lowest BCUT2D eigenvalue weighted by molar-refractivity contribution is -0.119. The van der Waals surface area contributed by atoms with Gasteiger partial charge < -0.3 is 10.1 Å². The Labute approximate surface area is 179 Å². The molecule has 1 N–H and O–H groups in total. The summed E-state index contributed by atoms with van der Waals surface area (Å²) in [5.74, 6) is -1.47. The molecule has 4 aromatic carbocycles. The zero-order valence-electron chi connectivity index (χ0n) is 16.6. The highest BCUT2D eigenvalue weighted by atomic mass is 16.5. The Hall–Kier alpha value is -4.25. The van der Waals surface area contributed by atoms with Gasteiger partial charge in [-0.15, -0.1) is 0 Å². The summed E-state index contributed by atoms with van der Waals surface area (Å²) in [5.41, 5.74) is 1.43. The van der Waals surface area contributed by atoms with Gasteiger partial charge in [0.15, 0.2) is 12.4 Å². The van der Waals surface area contributed by atoms with Crippen molar-refractivity contribution in [3.05, 3.63) is 114 Å². The molecule has 1 amide bonds. The van der Waals surface area contributed by atoms with E-state index in [1.165, 1.54) is 6.07 Å². The van der Waals surface area contributed by atoms with Gasteiger partial charge in [0, 0.05) is 16.8 Å². The molecule has 31 heavy (non-hydrogen) atoms. The zero-order valence-corrected chi connectivity index (χ0v) is 16.6. The molecule has 5 heteroatoms. The predicted octanol–water partition coefficient (Wildman–Crippen LogP) is 4.87. The van der Waals surface area contributed by atoms with E-state index in [1.807, 2.05) is 42.5 Å². The van der Waals surface area contributed by atoms with Crippen molar-refractivity contribution in [3.63, 3.8) is 0 Å². The van der Waals surface area contributed by atoms with Crippen molar-refractivity contribution in [3.8, 4) is 0 Å². The largest absolute Gasteiger partial charge is 0.452 e. The highest BCUT2D eigenvalue weighted by Crippen LogP contribution is 2.19. The summed E-state index contributed by atoms with van der Waals surface area (Å²) in [6.45, 7) is -0.459. The lowest BCUT2D eigenvalue weighted by Gasteiger charge is -2.10. The zero-order chi connectivity index (χ0) is 21.6. The van der Waals surface area contributed by atoms with Crippen LogP contribution in [0.5, 0.6) is 0 Å². The number of carbonyl (C=O) groups excluding carboxylic acids is 3. The van der Waals surface area contributed by atoms with Crippen LogP contribution in [0.4, 0.5) is 5.69 Å². The van der Waals surface area contributed by atoms with Gasteiger partial charge in [-0.05, 0) is 29.0 Å². The summed E-state index contributed by atoms with van der Waals surface area (Å²) < 4.78 is 5.17. The van der Waals surface area contributed by atoms with Crippen LogP contribution in [0.3, 0.4) is 0 Å². The third-order valence-electron chi connectivity index (χ3n) is 4.80. The third-order valence-corrected chi connectivity index (χ3v) is 4.80. The smallest absolute Gasteiger partial charge is 0.339 e. The molecule has 0 radical (unpaired) electrons. The second kappa shape index (κ2) is 9.05. The molecule has 0 bridgehead atoms. The summed E-state index contributed by atoms with van der Waals surface area (Å²) >= 11 is 0. The quantitative estimate of drug-likeness (QED) is 0.364. The van der Waals surface area contributed by atoms with Gasteiger partial charge in [-0.1, -0.05) is 78.9 Å². The molecular weight excluding hydrogens is 390 g/mol. The highest BCUT2D eigenvalue weighted by Gasteiger charge is 2.19. The Balaban J connectivity index is 1.43. The lowest BCUT2D eigenvalue weighted by Crippen LogP contribution is -2.22. The topological polar surface area (TPSA) is 72.5 Å². The average molecular weight is 409 g/mol. The first-order chi connectivity index (χ1) is 15.1. The van der Waals surface area contributed by atoms with E-state index in [-0.39, 0.29) is 16.9 Å². The molecule has 0 aliphatic rings. The van der Waals surface area contributed by atoms with Crippen LogP contribution in [0.25, 0.3) is 10.8 Å². The molecular formula is C26H19NO4. The Morgan fingerprint density at radius 3 is 2.10 bits per heavy atom. The van der Waals surface area contributed by atoms with Crippen LogP contribution in [-0.2, 0) is 9.53 Å². The molecule has 0 aliphatic carbocycles. The molecule has 0 atom stereocenters. The minimum absolute atomic E-state index is 0.120. The SMILES string of the molecule is O=C(COC(=O)c1ccccc1C(=O)c1ccccc1)Nc1ccc2ccccc2c1. The first-order valence-corrected chi connectivity index (χ1v) is 9.76. The van der Waals surface area contributed by atoms with Crippen molar-refractivity contribution in [1.29, 1.82) is 0 Å². The molecule has 0 saturated heterocycles. The second-order valence-electron chi connectivity index (χ2n) is 6.93. The fraction of sp³-hybridized carbons (Fsp3) is 0.0385. The van der Waals surface area contributed by atoms with Gasteiger partial charge in [0.2, 0.25) is 0 Å². The van der Waals surface area contributed by atoms with Crippen LogP contribution in [-0.4, -0.2) is 24.3 Å². The molecule has 4 rings (SSSR count). The number of ketones is 1. The number of amides is 1. The maximum absolute atomic E-state index is 12.8. The Morgan fingerprint density at radius 1 is 0.677 bits per heavy atom. The van der Waals surface area contributed by atoms with Crippen LogP contribution in [0.15, 0.2) is 97.1 Å². The Kier molecular flexibility index (Phi) is 5.85. The van der Waals surface area contributed by atoms with Crippen LogP contribution in [0.1, 0.15) is 26.3 Å². The molecule has 0 aliphatic heterocycles. The lowest BCUT2D eigenvalue weighted by atomic mass is 9.98. The third kappa shape index (κ3) is 4.67. The number of benzene rings is 4.